The van der Waals surface area contributed by atoms with Gasteiger partial charge >= 0.3 is 7.82 Å². The second-order valence-electron chi connectivity index (χ2n) is 10.3. The van der Waals surface area contributed by atoms with Crippen LogP contribution in [0.2, 0.25) is 0 Å². The number of aliphatic hydroxyl groups excluding tert-OH is 1. The number of aliphatic hydroxyl groups is 1. The van der Waals surface area contributed by atoms with Crippen molar-refractivity contribution < 1.29 is 33.2 Å². The normalized spacial score (nSPS) is 15.6. The van der Waals surface area contributed by atoms with E-state index in [1.807, 2.05) is 20.8 Å². The Morgan fingerprint density at radius 1 is 0.970 bits per heavy atom. The van der Waals surface area contributed by atoms with E-state index in [0.29, 0.717) is 6.54 Å². The molecule has 0 aromatic rings. The maximum Gasteiger partial charge on any atom is 0.472 e. The second-order valence-corrected chi connectivity index (χ2v) is 13.5. The fraction of sp³-hybridized carbons (Fsp3) is 0.909. The van der Waals surface area contributed by atoms with Gasteiger partial charge in [-0.2, -0.15) is 11.8 Å². The zero-order valence-corrected chi connectivity index (χ0v) is 23.2. The van der Waals surface area contributed by atoms with Crippen LogP contribution in [0.1, 0.15) is 74.7 Å². The summed E-state index contributed by atoms with van der Waals surface area (Å²) in [4.78, 5) is 34.1. The molecule has 0 saturated heterocycles. The van der Waals surface area contributed by atoms with Crippen LogP contribution in [0.25, 0.3) is 0 Å². The summed E-state index contributed by atoms with van der Waals surface area (Å²) < 4.78 is 22.4. The third-order valence-corrected chi connectivity index (χ3v) is 7.97. The van der Waals surface area contributed by atoms with E-state index in [0.717, 1.165) is 18.6 Å². The molecule has 4 N–H and O–H groups in total. The van der Waals surface area contributed by atoms with Crippen molar-refractivity contribution in [2.24, 2.45) is 10.8 Å². The Morgan fingerprint density at radius 2 is 1.55 bits per heavy atom. The Bertz CT molecular complexity index is 671. The summed E-state index contributed by atoms with van der Waals surface area (Å²) in [7, 11) is -4.33. The van der Waals surface area contributed by atoms with E-state index in [1.54, 1.807) is 11.8 Å². The van der Waals surface area contributed by atoms with Crippen molar-refractivity contribution in [3.05, 3.63) is 0 Å². The van der Waals surface area contributed by atoms with Crippen molar-refractivity contribution in [3.63, 3.8) is 0 Å². The van der Waals surface area contributed by atoms with Gasteiger partial charge in [-0.05, 0) is 18.3 Å². The molecule has 2 atom stereocenters. The highest BCUT2D eigenvalue weighted by molar-refractivity contribution is 8.00. The van der Waals surface area contributed by atoms with Gasteiger partial charge in [0.2, 0.25) is 11.8 Å². The minimum atomic E-state index is -4.33. The monoisotopic (exact) mass is 512 g/mol. The lowest BCUT2D eigenvalue weighted by atomic mass is 9.87. The predicted octanol–water partition coefficient (Wildman–Crippen LogP) is 3.49. The van der Waals surface area contributed by atoms with E-state index in [2.05, 4.69) is 31.4 Å². The molecule has 196 valence electrons. The summed E-state index contributed by atoms with van der Waals surface area (Å²) in [5, 5.41) is 15.7. The predicted molar refractivity (Wildman–Crippen MR) is 133 cm³/mol. The van der Waals surface area contributed by atoms with E-state index < -0.39 is 25.2 Å². The summed E-state index contributed by atoms with van der Waals surface area (Å²) in [5.74, 6) is -0.0617. The van der Waals surface area contributed by atoms with Gasteiger partial charge in [0.05, 0.1) is 13.2 Å². The third kappa shape index (κ3) is 14.4. The highest BCUT2D eigenvalue weighted by Gasteiger charge is 2.37. The van der Waals surface area contributed by atoms with Crippen LogP contribution in [0.4, 0.5) is 0 Å². The number of thioether (sulfide) groups is 1. The number of amides is 2. The topological polar surface area (TPSA) is 134 Å². The Balaban J connectivity index is 4.37. The minimum absolute atomic E-state index is 0.0395. The van der Waals surface area contributed by atoms with Crippen molar-refractivity contribution in [1.29, 1.82) is 0 Å². The summed E-state index contributed by atoms with van der Waals surface area (Å²) in [6, 6.07) is 0. The molecule has 9 nitrogen and oxygen atoms in total. The number of rotatable bonds is 17. The first-order chi connectivity index (χ1) is 15.0. The molecule has 33 heavy (non-hydrogen) atoms. The van der Waals surface area contributed by atoms with Crippen molar-refractivity contribution in [3.8, 4) is 0 Å². The molecule has 0 aromatic carbocycles. The Hall–Kier alpha value is -0.640. The fourth-order valence-corrected chi connectivity index (χ4v) is 4.23. The van der Waals surface area contributed by atoms with E-state index in [-0.39, 0.29) is 42.2 Å². The van der Waals surface area contributed by atoms with E-state index in [1.165, 1.54) is 13.8 Å². The molecule has 0 aliphatic heterocycles. The van der Waals surface area contributed by atoms with Crippen molar-refractivity contribution in [2.45, 2.75) is 85.5 Å². The molecular formula is C22H45N2O7PS. The quantitative estimate of drug-likeness (QED) is 0.172. The number of hydrogen-bond acceptors (Lipinski definition) is 7. The summed E-state index contributed by atoms with van der Waals surface area (Å²) in [5.41, 5.74) is -1.44. The third-order valence-electron chi connectivity index (χ3n) is 5.58. The van der Waals surface area contributed by atoms with Crippen LogP contribution in [-0.2, 0) is 23.2 Å². The largest absolute Gasteiger partial charge is 0.472 e. The molecule has 0 rings (SSSR count). The van der Waals surface area contributed by atoms with Gasteiger partial charge in [-0.3, -0.25) is 18.6 Å². The average molecular weight is 513 g/mol. The lowest BCUT2D eigenvalue weighted by Gasteiger charge is -2.30. The Morgan fingerprint density at radius 3 is 2.09 bits per heavy atom. The van der Waals surface area contributed by atoms with E-state index in [9.17, 15) is 24.2 Å². The molecule has 2 amide bonds. The summed E-state index contributed by atoms with van der Waals surface area (Å²) >= 11 is 1.79. The number of phosphoric ester groups is 1. The minimum Gasteiger partial charge on any atom is -0.383 e. The first-order valence-corrected chi connectivity index (χ1v) is 13.9. The molecule has 2 unspecified atom stereocenters. The summed E-state index contributed by atoms with van der Waals surface area (Å²) in [6.45, 7) is 15.6. The first-order valence-electron chi connectivity index (χ1n) is 11.5. The van der Waals surface area contributed by atoms with Gasteiger partial charge in [0.25, 0.3) is 0 Å². The van der Waals surface area contributed by atoms with Crippen LogP contribution in [0.5, 0.6) is 0 Å². The van der Waals surface area contributed by atoms with Gasteiger partial charge in [-0.25, -0.2) is 4.57 Å². The number of nitrogens with one attached hydrogen (secondary N) is 2. The zero-order chi connectivity index (χ0) is 25.9. The SMILES string of the molecule is CCC(C)(C)COP(=O)(O)OCC(C)(C)C(O)C(=O)NCCC(=O)NCCSC(C)(C)CC. The average Bonchev–Trinajstić information content (AvgIpc) is 2.73. The molecular weight excluding hydrogens is 467 g/mol. The van der Waals surface area contributed by atoms with Crippen LogP contribution in [-0.4, -0.2) is 64.7 Å². The van der Waals surface area contributed by atoms with Crippen molar-refractivity contribution in [1.82, 2.24) is 10.6 Å². The number of phosphoric acid groups is 1. The molecule has 0 radical (unpaired) electrons. The second kappa shape index (κ2) is 14.0. The van der Waals surface area contributed by atoms with E-state index in [4.69, 9.17) is 9.05 Å². The van der Waals surface area contributed by atoms with Crippen LogP contribution in [0.3, 0.4) is 0 Å². The van der Waals surface area contributed by atoms with Gasteiger partial charge in [0.15, 0.2) is 0 Å². The fourth-order valence-electron chi connectivity index (χ4n) is 2.18. The van der Waals surface area contributed by atoms with Crippen LogP contribution in [0, 0.1) is 10.8 Å². The Kier molecular flexibility index (Phi) is 13.8. The molecule has 0 saturated carbocycles. The van der Waals surface area contributed by atoms with Gasteiger partial charge in [-0.1, -0.05) is 55.4 Å². The zero-order valence-electron chi connectivity index (χ0n) is 21.5. The summed E-state index contributed by atoms with van der Waals surface area (Å²) in [6.07, 6.45) is 0.386. The number of carbonyl (C=O) groups is 2. The number of carbonyl (C=O) groups excluding carboxylic acids is 2. The van der Waals surface area contributed by atoms with Crippen LogP contribution < -0.4 is 10.6 Å². The molecule has 0 aliphatic rings. The Labute approximate surface area is 203 Å². The van der Waals surface area contributed by atoms with E-state index >= 15 is 0 Å². The molecule has 0 fully saturated rings. The molecule has 0 heterocycles. The van der Waals surface area contributed by atoms with Gasteiger partial charge in [0.1, 0.15) is 6.10 Å². The standard InChI is InChI=1S/C22H45N2O7PS/c1-9-20(3,4)15-30-32(28,29)31-16-21(5,6)18(26)19(27)24-12-11-17(25)23-13-14-33-22(7,8)10-2/h18,26H,9-16H2,1-8H3,(H,23,25)(H,24,27)(H,28,29). The number of hydrogen-bond donors (Lipinski definition) is 4. The van der Waals surface area contributed by atoms with Crippen molar-refractivity contribution >= 4 is 31.4 Å². The molecule has 0 spiro atoms. The molecule has 0 aromatic heterocycles. The van der Waals surface area contributed by atoms with Crippen molar-refractivity contribution in [2.75, 3.05) is 32.1 Å². The smallest absolute Gasteiger partial charge is 0.383 e. The lowest BCUT2D eigenvalue weighted by Crippen LogP contribution is -2.46. The maximum atomic E-state index is 12.3. The van der Waals surface area contributed by atoms with Crippen LogP contribution in [0.15, 0.2) is 0 Å². The maximum absolute atomic E-state index is 12.3. The first kappa shape index (κ1) is 32.4. The van der Waals surface area contributed by atoms with Crippen LogP contribution >= 0.6 is 19.6 Å². The van der Waals surface area contributed by atoms with Gasteiger partial charge in [0, 0.05) is 35.4 Å². The lowest BCUT2D eigenvalue weighted by molar-refractivity contribution is -0.137. The molecule has 11 heteroatoms. The molecule has 0 bridgehead atoms. The highest BCUT2D eigenvalue weighted by Crippen LogP contribution is 2.46. The molecule has 0 aliphatic carbocycles. The van der Waals surface area contributed by atoms with Gasteiger partial charge in [-0.15, -0.1) is 0 Å². The highest BCUT2D eigenvalue weighted by atomic mass is 32.2. The van der Waals surface area contributed by atoms with Gasteiger partial charge < -0.3 is 20.6 Å².